The molecule has 0 unspecified atom stereocenters. The highest BCUT2D eigenvalue weighted by Crippen LogP contribution is 2.33. The van der Waals surface area contributed by atoms with Crippen LogP contribution in [0.1, 0.15) is 46.0 Å². The van der Waals surface area contributed by atoms with Crippen molar-refractivity contribution in [2.75, 3.05) is 13.1 Å². The van der Waals surface area contributed by atoms with Crippen molar-refractivity contribution in [2.24, 2.45) is 5.41 Å². The number of hydrogen-bond donors (Lipinski definition) is 0. The Labute approximate surface area is 103 Å². The molecule has 1 heterocycles. The molecule has 1 saturated carbocycles. The van der Waals surface area contributed by atoms with E-state index in [1.165, 1.54) is 6.42 Å². The van der Waals surface area contributed by atoms with Gasteiger partial charge in [-0.1, -0.05) is 13.8 Å². The molecule has 2 aliphatic rings. The largest absolute Gasteiger partial charge is 0.377 e. The fourth-order valence-electron chi connectivity index (χ4n) is 2.65. The van der Waals surface area contributed by atoms with E-state index in [0.29, 0.717) is 18.4 Å². The highest BCUT2D eigenvalue weighted by Gasteiger charge is 2.35. The number of carbonyl (C=O) groups is 2. The van der Waals surface area contributed by atoms with Crippen LogP contribution < -0.4 is 0 Å². The van der Waals surface area contributed by atoms with Crippen LogP contribution in [-0.2, 0) is 9.59 Å². The van der Waals surface area contributed by atoms with Crippen LogP contribution in [0.2, 0.25) is 0 Å². The van der Waals surface area contributed by atoms with Crippen LogP contribution in [0.25, 0.3) is 0 Å². The average molecular weight is 235 g/mol. The monoisotopic (exact) mass is 235 g/mol. The minimum Gasteiger partial charge on any atom is -0.377 e. The molecule has 1 aliphatic carbocycles. The van der Waals surface area contributed by atoms with Gasteiger partial charge < -0.3 is 4.90 Å². The average Bonchev–Trinajstić information content (AvgIpc) is 2.24. The molecule has 0 aromatic carbocycles. The second-order valence-electron chi connectivity index (χ2n) is 6.00. The third kappa shape index (κ3) is 2.96. The van der Waals surface area contributed by atoms with E-state index in [4.69, 9.17) is 0 Å². The number of piperidine rings is 1. The van der Waals surface area contributed by atoms with Gasteiger partial charge in [-0.25, -0.2) is 0 Å². The summed E-state index contributed by atoms with van der Waals surface area (Å²) < 4.78 is 0. The third-order valence-corrected chi connectivity index (χ3v) is 3.58. The summed E-state index contributed by atoms with van der Waals surface area (Å²) >= 11 is 0. The molecule has 0 aromatic rings. The number of allylic oxidation sites excluding steroid dienone is 1. The summed E-state index contributed by atoms with van der Waals surface area (Å²) in [6.07, 6.45) is 6.40. The maximum atomic E-state index is 12.0. The van der Waals surface area contributed by atoms with Crippen molar-refractivity contribution in [1.29, 1.82) is 0 Å². The Morgan fingerprint density at radius 3 is 2.06 bits per heavy atom. The number of hydrogen-bond acceptors (Lipinski definition) is 3. The zero-order valence-corrected chi connectivity index (χ0v) is 10.8. The Kier molecular flexibility index (Phi) is 3.36. The molecular formula is C14H21NO2. The fraction of sp³-hybridized carbons (Fsp3) is 0.714. The van der Waals surface area contributed by atoms with Crippen LogP contribution in [0.15, 0.2) is 11.8 Å². The fourth-order valence-corrected chi connectivity index (χ4v) is 2.65. The molecule has 17 heavy (non-hydrogen) atoms. The molecule has 2 fully saturated rings. The van der Waals surface area contributed by atoms with Gasteiger partial charge in [0, 0.05) is 32.1 Å². The summed E-state index contributed by atoms with van der Waals surface area (Å²) in [6, 6.07) is 0. The molecule has 3 heteroatoms. The number of nitrogens with zero attached hydrogens (tertiary/aromatic N) is 1. The zero-order valence-electron chi connectivity index (χ0n) is 10.8. The second-order valence-corrected chi connectivity index (χ2v) is 6.00. The Hall–Kier alpha value is -1.12. The van der Waals surface area contributed by atoms with Crippen LogP contribution in [0.5, 0.6) is 0 Å². The van der Waals surface area contributed by atoms with E-state index in [2.05, 4.69) is 4.90 Å². The van der Waals surface area contributed by atoms with Crippen molar-refractivity contribution in [3.05, 3.63) is 11.8 Å². The van der Waals surface area contributed by atoms with E-state index in [-0.39, 0.29) is 17.0 Å². The number of rotatable bonds is 1. The minimum absolute atomic E-state index is 0.0248. The topological polar surface area (TPSA) is 37.4 Å². The first-order valence-electron chi connectivity index (χ1n) is 6.50. The summed E-state index contributed by atoms with van der Waals surface area (Å²) in [6.45, 7) is 5.93. The maximum absolute atomic E-state index is 12.0. The van der Waals surface area contributed by atoms with Crippen molar-refractivity contribution >= 4 is 11.6 Å². The Balaban J connectivity index is 2.12. The van der Waals surface area contributed by atoms with Gasteiger partial charge in [-0.05, 0) is 24.7 Å². The predicted octanol–water partition coefficient (Wildman–Crippen LogP) is 2.31. The van der Waals surface area contributed by atoms with Gasteiger partial charge in [0.25, 0.3) is 0 Å². The standard InChI is InChI=1S/C14H21NO2/c1-14(2)8-12(16)11(13(17)9-14)10-15-6-4-3-5-7-15/h10H,3-9H2,1-2H3. The summed E-state index contributed by atoms with van der Waals surface area (Å²) in [5, 5.41) is 0. The first-order chi connectivity index (χ1) is 7.98. The van der Waals surface area contributed by atoms with E-state index < -0.39 is 0 Å². The van der Waals surface area contributed by atoms with E-state index in [9.17, 15) is 9.59 Å². The van der Waals surface area contributed by atoms with Crippen molar-refractivity contribution in [3.8, 4) is 0 Å². The molecule has 2 rings (SSSR count). The molecule has 0 atom stereocenters. The van der Waals surface area contributed by atoms with E-state index >= 15 is 0 Å². The first kappa shape index (κ1) is 12.3. The molecule has 0 aromatic heterocycles. The van der Waals surface area contributed by atoms with Crippen molar-refractivity contribution in [1.82, 2.24) is 4.90 Å². The van der Waals surface area contributed by atoms with Crippen LogP contribution in [0.3, 0.4) is 0 Å². The molecule has 0 amide bonds. The molecule has 3 nitrogen and oxygen atoms in total. The lowest BCUT2D eigenvalue weighted by Gasteiger charge is -2.31. The molecule has 0 radical (unpaired) electrons. The van der Waals surface area contributed by atoms with Gasteiger partial charge in [0.05, 0.1) is 5.57 Å². The van der Waals surface area contributed by atoms with Crippen LogP contribution >= 0.6 is 0 Å². The third-order valence-electron chi connectivity index (χ3n) is 3.58. The molecule has 94 valence electrons. The number of likely N-dealkylation sites (tertiary alicyclic amines) is 1. The van der Waals surface area contributed by atoms with Gasteiger partial charge >= 0.3 is 0 Å². The maximum Gasteiger partial charge on any atom is 0.168 e. The summed E-state index contributed by atoms with van der Waals surface area (Å²) in [5.74, 6) is 0.0497. The van der Waals surface area contributed by atoms with E-state index in [1.807, 2.05) is 20.0 Å². The lowest BCUT2D eigenvalue weighted by molar-refractivity contribution is -0.127. The molecule has 0 bridgehead atoms. The molecule has 0 spiro atoms. The smallest absolute Gasteiger partial charge is 0.168 e. The van der Waals surface area contributed by atoms with Gasteiger partial charge in [-0.2, -0.15) is 0 Å². The first-order valence-corrected chi connectivity index (χ1v) is 6.50. The predicted molar refractivity (Wildman–Crippen MR) is 66.5 cm³/mol. The highest BCUT2D eigenvalue weighted by molar-refractivity contribution is 6.22. The summed E-state index contributed by atoms with van der Waals surface area (Å²) in [4.78, 5) is 26.1. The molecule has 0 N–H and O–H groups in total. The quantitative estimate of drug-likeness (QED) is 0.517. The number of carbonyl (C=O) groups excluding carboxylic acids is 2. The number of Topliss-reactive ketones (excluding diaryl/α,β-unsaturated/α-hetero) is 2. The summed E-state index contributed by atoms with van der Waals surface area (Å²) in [7, 11) is 0. The van der Waals surface area contributed by atoms with Crippen LogP contribution in [0.4, 0.5) is 0 Å². The van der Waals surface area contributed by atoms with Gasteiger partial charge in [0.15, 0.2) is 11.6 Å². The van der Waals surface area contributed by atoms with Crippen molar-refractivity contribution in [3.63, 3.8) is 0 Å². The molecule has 1 aliphatic heterocycles. The van der Waals surface area contributed by atoms with Crippen molar-refractivity contribution < 1.29 is 9.59 Å². The van der Waals surface area contributed by atoms with E-state index in [0.717, 1.165) is 25.9 Å². The van der Waals surface area contributed by atoms with Gasteiger partial charge in [-0.15, -0.1) is 0 Å². The van der Waals surface area contributed by atoms with Crippen LogP contribution in [-0.4, -0.2) is 29.6 Å². The lowest BCUT2D eigenvalue weighted by atomic mass is 9.74. The lowest BCUT2D eigenvalue weighted by Crippen LogP contribution is -2.34. The second kappa shape index (κ2) is 4.63. The molecule has 1 saturated heterocycles. The van der Waals surface area contributed by atoms with Gasteiger partial charge in [0.2, 0.25) is 0 Å². The Morgan fingerprint density at radius 2 is 1.53 bits per heavy atom. The normalized spacial score (nSPS) is 25.1. The van der Waals surface area contributed by atoms with Crippen molar-refractivity contribution in [2.45, 2.75) is 46.0 Å². The summed E-state index contributed by atoms with van der Waals surface area (Å²) in [5.41, 5.74) is 0.277. The SMILES string of the molecule is CC1(C)CC(=O)C(=CN2CCCCC2)C(=O)C1. The highest BCUT2D eigenvalue weighted by atomic mass is 16.2. The van der Waals surface area contributed by atoms with Gasteiger partial charge in [-0.3, -0.25) is 9.59 Å². The van der Waals surface area contributed by atoms with Crippen LogP contribution in [0, 0.1) is 5.41 Å². The Bertz CT molecular complexity index is 340. The van der Waals surface area contributed by atoms with Gasteiger partial charge in [0.1, 0.15) is 0 Å². The minimum atomic E-state index is -0.159. The molecular weight excluding hydrogens is 214 g/mol. The van der Waals surface area contributed by atoms with E-state index in [1.54, 1.807) is 0 Å². The zero-order chi connectivity index (χ0) is 12.5. The Morgan fingerprint density at radius 1 is 1.00 bits per heavy atom. The number of ketones is 2.